The number of hydrogen-bond donors (Lipinski definition) is 0. The van der Waals surface area contributed by atoms with E-state index in [9.17, 15) is 0 Å². The molecule has 0 radical (unpaired) electrons. The number of ether oxygens (including phenoxy) is 2. The van der Waals surface area contributed by atoms with Crippen LogP contribution in [0.3, 0.4) is 0 Å². The summed E-state index contributed by atoms with van der Waals surface area (Å²) in [5.74, 6) is 0.0324. The molecule has 1 aliphatic heterocycles. The van der Waals surface area contributed by atoms with Crippen LogP contribution in [0.4, 0.5) is 0 Å². The van der Waals surface area contributed by atoms with Crippen LogP contribution in [0.5, 0.6) is 0 Å². The molecule has 0 aromatic rings. The maximum Gasteiger partial charge on any atom is 0.181 e. The molecule has 3 rings (SSSR count). The minimum Gasteiger partial charge on any atom is -0.346 e. The van der Waals surface area contributed by atoms with Crippen LogP contribution in [0.1, 0.15) is 39.5 Å². The molecule has 3 aliphatic rings. The Hall–Kier alpha value is -0.860. The van der Waals surface area contributed by atoms with Gasteiger partial charge in [-0.2, -0.15) is 0 Å². The molecular weight excluding hydrogens is 236 g/mol. The van der Waals surface area contributed by atoms with Crippen molar-refractivity contribution in [2.75, 3.05) is 13.2 Å². The monoisotopic (exact) mass is 260 g/mol. The number of allylic oxidation sites excluding steroid dienone is 2. The average Bonchev–Trinajstić information content (AvgIpc) is 2.92. The minimum atomic E-state index is -0.445. The van der Waals surface area contributed by atoms with Gasteiger partial charge >= 0.3 is 0 Å². The molecule has 2 nitrogen and oxygen atoms in total. The Morgan fingerprint density at radius 1 is 1.32 bits per heavy atom. The molecule has 1 heterocycles. The third-order valence-corrected chi connectivity index (χ3v) is 5.38. The first-order valence-corrected chi connectivity index (χ1v) is 7.32. The van der Waals surface area contributed by atoms with E-state index in [1.54, 1.807) is 0 Å². The molecule has 19 heavy (non-hydrogen) atoms. The summed E-state index contributed by atoms with van der Waals surface area (Å²) >= 11 is 0. The second kappa shape index (κ2) is 4.32. The fraction of sp³-hybridized carbons (Fsp3) is 0.647. The molecule has 1 unspecified atom stereocenters. The standard InChI is InChI=1S/C17H24O2/c1-12(2)14-6-5-13(3)16(4)15(11-14)7-8-17(16)18-9-10-19-17/h11,14H,1,3,5-10H2,2,4H3/t14-,16?/m0/s1. The SMILES string of the molecule is C=C(C)[C@@H]1C=C2CCC3(OCCO3)C2(C)C(=C)CC1. The van der Waals surface area contributed by atoms with Crippen LogP contribution in [0.15, 0.2) is 36.0 Å². The van der Waals surface area contributed by atoms with Crippen molar-refractivity contribution in [1.82, 2.24) is 0 Å². The zero-order valence-corrected chi connectivity index (χ0v) is 12.1. The molecule has 104 valence electrons. The molecule has 1 saturated carbocycles. The predicted octanol–water partition coefficient (Wildman–Crippen LogP) is 4.00. The van der Waals surface area contributed by atoms with Gasteiger partial charge in [-0.3, -0.25) is 0 Å². The summed E-state index contributed by atoms with van der Waals surface area (Å²) in [6, 6.07) is 0. The third-order valence-electron chi connectivity index (χ3n) is 5.38. The Balaban J connectivity index is 2.06. The zero-order chi connectivity index (χ0) is 13.7. The molecule has 2 atom stereocenters. The van der Waals surface area contributed by atoms with E-state index in [0.29, 0.717) is 19.1 Å². The zero-order valence-electron chi connectivity index (χ0n) is 12.1. The third kappa shape index (κ3) is 1.70. The van der Waals surface area contributed by atoms with Crippen molar-refractivity contribution in [3.63, 3.8) is 0 Å². The van der Waals surface area contributed by atoms with E-state index in [1.165, 1.54) is 16.7 Å². The molecule has 1 spiro atoms. The Labute approximate surface area is 116 Å². The first-order valence-electron chi connectivity index (χ1n) is 7.32. The van der Waals surface area contributed by atoms with Gasteiger partial charge in [-0.25, -0.2) is 0 Å². The highest BCUT2D eigenvalue weighted by atomic mass is 16.7. The fourth-order valence-electron chi connectivity index (χ4n) is 3.97. The van der Waals surface area contributed by atoms with Gasteiger partial charge in [-0.05, 0) is 39.0 Å². The van der Waals surface area contributed by atoms with Gasteiger partial charge < -0.3 is 9.47 Å². The van der Waals surface area contributed by atoms with Gasteiger partial charge in [0.1, 0.15) is 0 Å². The van der Waals surface area contributed by atoms with Crippen molar-refractivity contribution in [3.8, 4) is 0 Å². The first-order chi connectivity index (χ1) is 8.99. The summed E-state index contributed by atoms with van der Waals surface area (Å²) in [4.78, 5) is 0. The van der Waals surface area contributed by atoms with E-state index in [-0.39, 0.29) is 5.41 Å². The first kappa shape index (κ1) is 13.1. The summed E-state index contributed by atoms with van der Waals surface area (Å²) in [7, 11) is 0. The lowest BCUT2D eigenvalue weighted by Crippen LogP contribution is -2.44. The van der Waals surface area contributed by atoms with E-state index in [0.717, 1.165) is 25.7 Å². The van der Waals surface area contributed by atoms with Crippen LogP contribution >= 0.6 is 0 Å². The fourth-order valence-corrected chi connectivity index (χ4v) is 3.97. The Kier molecular flexibility index (Phi) is 2.99. The molecular formula is C17H24O2. The van der Waals surface area contributed by atoms with Gasteiger partial charge in [0.15, 0.2) is 5.79 Å². The minimum absolute atomic E-state index is 0.145. The lowest BCUT2D eigenvalue weighted by atomic mass is 9.73. The molecule has 0 aromatic carbocycles. The topological polar surface area (TPSA) is 18.5 Å². The molecule has 2 heteroatoms. The lowest BCUT2D eigenvalue weighted by molar-refractivity contribution is -0.198. The van der Waals surface area contributed by atoms with Crippen molar-refractivity contribution in [1.29, 1.82) is 0 Å². The second-order valence-corrected chi connectivity index (χ2v) is 6.36. The summed E-state index contributed by atoms with van der Waals surface area (Å²) in [5, 5.41) is 0. The average molecular weight is 260 g/mol. The van der Waals surface area contributed by atoms with Crippen molar-refractivity contribution in [2.24, 2.45) is 11.3 Å². The van der Waals surface area contributed by atoms with E-state index in [2.05, 4.69) is 33.1 Å². The summed E-state index contributed by atoms with van der Waals surface area (Å²) in [6.45, 7) is 14.3. The lowest BCUT2D eigenvalue weighted by Gasteiger charge is -2.41. The van der Waals surface area contributed by atoms with Crippen LogP contribution in [0, 0.1) is 11.3 Å². The van der Waals surface area contributed by atoms with E-state index >= 15 is 0 Å². The maximum absolute atomic E-state index is 6.05. The largest absolute Gasteiger partial charge is 0.346 e. The van der Waals surface area contributed by atoms with Crippen molar-refractivity contribution in [3.05, 3.63) is 36.0 Å². The van der Waals surface area contributed by atoms with Crippen molar-refractivity contribution >= 4 is 0 Å². The van der Waals surface area contributed by atoms with Gasteiger partial charge in [-0.1, -0.05) is 36.0 Å². The predicted molar refractivity (Wildman–Crippen MR) is 76.7 cm³/mol. The molecule has 2 aliphatic carbocycles. The van der Waals surface area contributed by atoms with Crippen molar-refractivity contribution < 1.29 is 9.47 Å². The highest BCUT2D eigenvalue weighted by Gasteiger charge is 2.60. The number of fused-ring (bicyclic) bond motifs is 2. The summed E-state index contributed by atoms with van der Waals surface area (Å²) in [5.41, 5.74) is 3.82. The van der Waals surface area contributed by atoms with Crippen LogP contribution < -0.4 is 0 Å². The summed E-state index contributed by atoms with van der Waals surface area (Å²) < 4.78 is 12.1. The quantitative estimate of drug-likeness (QED) is 0.663. The van der Waals surface area contributed by atoms with E-state index in [4.69, 9.17) is 9.47 Å². The molecule has 0 aromatic heterocycles. The number of rotatable bonds is 1. The van der Waals surface area contributed by atoms with Crippen LogP contribution in [-0.2, 0) is 9.47 Å². The van der Waals surface area contributed by atoms with E-state index < -0.39 is 5.79 Å². The van der Waals surface area contributed by atoms with Crippen LogP contribution in [0.25, 0.3) is 0 Å². The van der Waals surface area contributed by atoms with E-state index in [1.807, 2.05) is 0 Å². The Morgan fingerprint density at radius 2 is 2.00 bits per heavy atom. The van der Waals surface area contributed by atoms with Crippen LogP contribution in [-0.4, -0.2) is 19.0 Å². The number of hydrogen-bond acceptors (Lipinski definition) is 2. The Bertz CT molecular complexity index is 454. The molecule has 0 bridgehead atoms. The van der Waals surface area contributed by atoms with Gasteiger partial charge in [-0.15, -0.1) is 0 Å². The van der Waals surface area contributed by atoms with Crippen LogP contribution in [0.2, 0.25) is 0 Å². The molecule has 0 amide bonds. The highest BCUT2D eigenvalue weighted by molar-refractivity contribution is 5.39. The molecule has 2 fully saturated rings. The second-order valence-electron chi connectivity index (χ2n) is 6.36. The summed E-state index contributed by atoms with van der Waals surface area (Å²) in [6.07, 6.45) is 6.57. The smallest absolute Gasteiger partial charge is 0.181 e. The maximum atomic E-state index is 6.05. The highest BCUT2D eigenvalue weighted by Crippen LogP contribution is 2.60. The van der Waals surface area contributed by atoms with Crippen molar-refractivity contribution in [2.45, 2.75) is 45.3 Å². The van der Waals surface area contributed by atoms with Gasteiger partial charge in [0.2, 0.25) is 0 Å². The molecule has 1 saturated heterocycles. The van der Waals surface area contributed by atoms with Gasteiger partial charge in [0.05, 0.1) is 18.6 Å². The van der Waals surface area contributed by atoms with Gasteiger partial charge in [0, 0.05) is 6.42 Å². The molecule has 0 N–H and O–H groups in total. The normalized spacial score (nSPS) is 37.1. The Morgan fingerprint density at radius 3 is 2.63 bits per heavy atom. The van der Waals surface area contributed by atoms with Gasteiger partial charge in [0.25, 0.3) is 0 Å².